The quantitative estimate of drug-likeness (QED) is 0.730. The third kappa shape index (κ3) is 3.59. The van der Waals surface area contributed by atoms with E-state index in [1.54, 1.807) is 29.9 Å². The van der Waals surface area contributed by atoms with Crippen LogP contribution in [-0.4, -0.2) is 50.9 Å². The molecule has 0 unspecified atom stereocenters. The number of aromatic nitrogens is 4. The number of halogens is 1. The number of aryl methyl sites for hydroxylation is 1. The first-order chi connectivity index (χ1) is 13.0. The summed E-state index contributed by atoms with van der Waals surface area (Å²) in [6.45, 7) is 6.45. The number of piperazine rings is 1. The summed E-state index contributed by atoms with van der Waals surface area (Å²) < 4.78 is 15.7. The average molecular weight is 369 g/mol. The van der Waals surface area contributed by atoms with E-state index >= 15 is 0 Å². The summed E-state index contributed by atoms with van der Waals surface area (Å²) in [4.78, 5) is 27.2. The fraction of sp³-hybridized carbons (Fsp3) is 0.333. The number of rotatable bonds is 3. The number of fused-ring (bicyclic) bond motifs is 1. The lowest BCUT2D eigenvalue weighted by atomic mass is 10.2. The number of amides is 1. The molecule has 1 aliphatic rings. The van der Waals surface area contributed by atoms with Gasteiger partial charge in [-0.3, -0.25) is 4.79 Å². The number of hydrogen-bond acceptors (Lipinski definition) is 6. The third-order valence-corrected chi connectivity index (χ3v) is 4.45. The topological polar surface area (TPSA) is 87.5 Å². The number of nitrogens with zero attached hydrogens (tertiary/aromatic N) is 5. The number of carbonyl (C=O) groups is 1. The molecule has 0 spiro atoms. The molecule has 0 aliphatic carbocycles. The zero-order valence-electron chi connectivity index (χ0n) is 15.1. The molecule has 4 heterocycles. The van der Waals surface area contributed by atoms with Gasteiger partial charge in [-0.15, -0.1) is 0 Å². The Hall–Kier alpha value is -3.07. The minimum absolute atomic E-state index is 0.171. The normalized spacial score (nSPS) is 17.3. The van der Waals surface area contributed by atoms with E-state index in [1.165, 1.54) is 12.3 Å². The number of carbonyl (C=O) groups excluding carboxylic acids is 1. The highest BCUT2D eigenvalue weighted by Crippen LogP contribution is 2.17. The Morgan fingerprint density at radius 2 is 2.19 bits per heavy atom. The van der Waals surface area contributed by atoms with Crippen LogP contribution in [0.15, 0.2) is 30.9 Å². The fourth-order valence-electron chi connectivity index (χ4n) is 3.19. The maximum atomic E-state index is 14.1. The standard InChI is InChI=1S/C18H20FN7O/c1-11-8-25(4-3-20-11)16-7-21-15(6-22-16)18(27)24-13-5-14(19)17-23-12(2)9-26(17)10-13/h5-7,9-11,20H,3-4,8H2,1-2H3,(H,24,27)/t11-/m1/s1. The van der Waals surface area contributed by atoms with Gasteiger partial charge >= 0.3 is 0 Å². The molecule has 1 saturated heterocycles. The number of anilines is 2. The Bertz CT molecular complexity index is 985. The molecule has 1 fully saturated rings. The highest BCUT2D eigenvalue weighted by atomic mass is 19.1. The molecule has 140 valence electrons. The second kappa shape index (κ2) is 6.92. The predicted molar refractivity (Wildman–Crippen MR) is 99.5 cm³/mol. The molecular weight excluding hydrogens is 349 g/mol. The largest absolute Gasteiger partial charge is 0.353 e. The van der Waals surface area contributed by atoms with Crippen molar-refractivity contribution in [3.8, 4) is 0 Å². The van der Waals surface area contributed by atoms with Gasteiger partial charge in [0.1, 0.15) is 11.5 Å². The van der Waals surface area contributed by atoms with Crippen LogP contribution in [0.2, 0.25) is 0 Å². The summed E-state index contributed by atoms with van der Waals surface area (Å²) in [5.74, 6) is -0.213. The van der Waals surface area contributed by atoms with Gasteiger partial charge in [0.15, 0.2) is 11.5 Å². The summed E-state index contributed by atoms with van der Waals surface area (Å²) in [6, 6.07) is 1.61. The minimum Gasteiger partial charge on any atom is -0.353 e. The molecule has 0 bridgehead atoms. The van der Waals surface area contributed by atoms with Crippen LogP contribution < -0.4 is 15.5 Å². The van der Waals surface area contributed by atoms with Gasteiger partial charge in [0.2, 0.25) is 0 Å². The molecule has 8 nitrogen and oxygen atoms in total. The SMILES string of the molecule is Cc1cn2cc(NC(=O)c3cnc(N4CCN[C@H](C)C4)cn3)cc(F)c2n1. The van der Waals surface area contributed by atoms with Crippen LogP contribution in [0.1, 0.15) is 23.1 Å². The smallest absolute Gasteiger partial charge is 0.275 e. The lowest BCUT2D eigenvalue weighted by Gasteiger charge is -2.32. The molecule has 27 heavy (non-hydrogen) atoms. The molecular formula is C18H20FN7O. The van der Waals surface area contributed by atoms with Crippen molar-refractivity contribution in [3.05, 3.63) is 48.1 Å². The van der Waals surface area contributed by atoms with Gasteiger partial charge in [0.05, 0.1) is 23.8 Å². The van der Waals surface area contributed by atoms with Gasteiger partial charge in [-0.1, -0.05) is 0 Å². The maximum absolute atomic E-state index is 14.1. The molecule has 0 radical (unpaired) electrons. The zero-order valence-corrected chi connectivity index (χ0v) is 15.1. The number of pyridine rings is 1. The van der Waals surface area contributed by atoms with Gasteiger partial charge in [0, 0.05) is 44.1 Å². The van der Waals surface area contributed by atoms with Crippen molar-refractivity contribution in [2.24, 2.45) is 0 Å². The van der Waals surface area contributed by atoms with Crippen LogP contribution in [0.3, 0.4) is 0 Å². The molecule has 0 aromatic carbocycles. The van der Waals surface area contributed by atoms with Gasteiger partial charge in [-0.05, 0) is 13.8 Å². The molecule has 3 aromatic heterocycles. The summed E-state index contributed by atoms with van der Waals surface area (Å²) in [7, 11) is 0. The predicted octanol–water partition coefficient (Wildman–Crippen LogP) is 1.62. The Kier molecular flexibility index (Phi) is 4.44. The monoisotopic (exact) mass is 369 g/mol. The number of hydrogen-bond donors (Lipinski definition) is 2. The Morgan fingerprint density at radius 3 is 2.93 bits per heavy atom. The Morgan fingerprint density at radius 1 is 1.33 bits per heavy atom. The first-order valence-electron chi connectivity index (χ1n) is 8.76. The van der Waals surface area contributed by atoms with E-state index < -0.39 is 11.7 Å². The van der Waals surface area contributed by atoms with Gasteiger partial charge in [-0.2, -0.15) is 0 Å². The van der Waals surface area contributed by atoms with E-state index in [0.717, 1.165) is 25.5 Å². The highest BCUT2D eigenvalue weighted by Gasteiger charge is 2.18. The van der Waals surface area contributed by atoms with Gasteiger partial charge in [0.25, 0.3) is 5.91 Å². The Labute approximate surface area is 155 Å². The highest BCUT2D eigenvalue weighted by molar-refractivity contribution is 6.02. The van der Waals surface area contributed by atoms with Gasteiger partial charge < -0.3 is 19.9 Å². The van der Waals surface area contributed by atoms with Crippen molar-refractivity contribution in [3.63, 3.8) is 0 Å². The summed E-state index contributed by atoms with van der Waals surface area (Å²) >= 11 is 0. The fourth-order valence-corrected chi connectivity index (χ4v) is 3.19. The summed E-state index contributed by atoms with van der Waals surface area (Å²) in [5, 5.41) is 6.02. The van der Waals surface area contributed by atoms with Crippen molar-refractivity contribution in [2.45, 2.75) is 19.9 Å². The van der Waals surface area contributed by atoms with Crippen molar-refractivity contribution in [2.75, 3.05) is 29.9 Å². The van der Waals surface area contributed by atoms with Crippen LogP contribution in [0.5, 0.6) is 0 Å². The van der Waals surface area contributed by atoms with Crippen LogP contribution in [0.4, 0.5) is 15.9 Å². The lowest BCUT2D eigenvalue weighted by Crippen LogP contribution is -2.49. The van der Waals surface area contributed by atoms with Crippen LogP contribution >= 0.6 is 0 Å². The van der Waals surface area contributed by atoms with Crippen molar-refractivity contribution in [1.29, 1.82) is 0 Å². The minimum atomic E-state index is -0.504. The van der Waals surface area contributed by atoms with Crippen LogP contribution in [-0.2, 0) is 0 Å². The maximum Gasteiger partial charge on any atom is 0.275 e. The number of imidazole rings is 1. The van der Waals surface area contributed by atoms with Crippen molar-refractivity contribution >= 4 is 23.1 Å². The first kappa shape index (κ1) is 17.3. The lowest BCUT2D eigenvalue weighted by molar-refractivity contribution is 0.102. The molecule has 1 aliphatic heterocycles. The van der Waals surface area contributed by atoms with E-state index in [-0.39, 0.29) is 11.3 Å². The Balaban J connectivity index is 1.49. The summed E-state index contributed by atoms with van der Waals surface area (Å²) in [5.41, 5.74) is 1.41. The second-order valence-corrected chi connectivity index (χ2v) is 6.71. The van der Waals surface area contributed by atoms with E-state index in [9.17, 15) is 9.18 Å². The number of nitrogens with one attached hydrogen (secondary N) is 2. The van der Waals surface area contributed by atoms with E-state index in [2.05, 4.69) is 37.4 Å². The van der Waals surface area contributed by atoms with E-state index in [0.29, 0.717) is 17.4 Å². The van der Waals surface area contributed by atoms with E-state index in [4.69, 9.17) is 0 Å². The van der Waals surface area contributed by atoms with Crippen LogP contribution in [0.25, 0.3) is 5.65 Å². The molecule has 9 heteroatoms. The average Bonchev–Trinajstić information content (AvgIpc) is 3.03. The van der Waals surface area contributed by atoms with Crippen molar-refractivity contribution < 1.29 is 9.18 Å². The molecule has 3 aromatic rings. The van der Waals surface area contributed by atoms with E-state index in [1.807, 2.05) is 0 Å². The van der Waals surface area contributed by atoms with Crippen molar-refractivity contribution in [1.82, 2.24) is 24.7 Å². The third-order valence-electron chi connectivity index (χ3n) is 4.45. The molecule has 0 saturated carbocycles. The second-order valence-electron chi connectivity index (χ2n) is 6.71. The first-order valence-corrected chi connectivity index (χ1v) is 8.76. The molecule has 2 N–H and O–H groups in total. The van der Waals surface area contributed by atoms with Gasteiger partial charge in [-0.25, -0.2) is 19.3 Å². The molecule has 1 amide bonds. The molecule has 4 rings (SSSR count). The van der Waals surface area contributed by atoms with Crippen LogP contribution in [0, 0.1) is 12.7 Å². The molecule has 1 atom stereocenters. The summed E-state index contributed by atoms with van der Waals surface area (Å²) in [6.07, 6.45) is 6.33. The zero-order chi connectivity index (χ0) is 19.0.